The zero-order valence-electron chi connectivity index (χ0n) is 18.5. The van der Waals surface area contributed by atoms with Gasteiger partial charge in [0, 0.05) is 25.4 Å². The lowest BCUT2D eigenvalue weighted by Gasteiger charge is -2.08. The Morgan fingerprint density at radius 1 is 0.833 bits per heavy atom. The van der Waals surface area contributed by atoms with Gasteiger partial charge < -0.3 is 33.7 Å². The van der Waals surface area contributed by atoms with E-state index in [4.69, 9.17) is 28.4 Å². The highest BCUT2D eigenvalue weighted by atomic mass is 32.2. The summed E-state index contributed by atoms with van der Waals surface area (Å²) in [4.78, 5) is 20.7. The molecule has 30 heavy (non-hydrogen) atoms. The highest BCUT2D eigenvalue weighted by molar-refractivity contribution is 7.98. The van der Waals surface area contributed by atoms with Crippen LogP contribution in [0.25, 0.3) is 0 Å². The van der Waals surface area contributed by atoms with Crippen molar-refractivity contribution in [1.82, 2.24) is 5.32 Å². The molecule has 0 fully saturated rings. The van der Waals surface area contributed by atoms with Crippen molar-refractivity contribution in [1.29, 1.82) is 0 Å². The third kappa shape index (κ3) is 25.8. The molecule has 0 saturated heterocycles. The summed E-state index contributed by atoms with van der Waals surface area (Å²) in [5, 5.41) is 2.85. The summed E-state index contributed by atoms with van der Waals surface area (Å²) in [6.45, 7) is 6.36. The third-order valence-corrected chi connectivity index (χ3v) is 4.98. The molecule has 0 bridgehead atoms. The van der Waals surface area contributed by atoms with Gasteiger partial charge >= 0.3 is 7.60 Å². The van der Waals surface area contributed by atoms with E-state index < -0.39 is 7.60 Å². The Morgan fingerprint density at radius 3 is 1.93 bits per heavy atom. The van der Waals surface area contributed by atoms with Gasteiger partial charge in [0.2, 0.25) is 5.91 Å². The highest BCUT2D eigenvalue weighted by Gasteiger charge is 2.08. The number of rotatable bonds is 23. The van der Waals surface area contributed by atoms with Crippen LogP contribution in [-0.4, -0.2) is 95.5 Å². The maximum Gasteiger partial charge on any atom is 0.325 e. The van der Waals surface area contributed by atoms with Gasteiger partial charge in [-0.05, 0) is 19.1 Å². The van der Waals surface area contributed by atoms with E-state index in [-0.39, 0.29) is 12.5 Å². The van der Waals surface area contributed by atoms with E-state index in [0.29, 0.717) is 59.2 Å². The van der Waals surface area contributed by atoms with Crippen molar-refractivity contribution in [2.45, 2.75) is 32.1 Å². The molecule has 0 saturated carbocycles. The number of hydrogen-bond donors (Lipinski definition) is 2. The number of carbonyl (C=O) groups excluding carboxylic acids is 1. The summed E-state index contributed by atoms with van der Waals surface area (Å²) in [5.74, 6) is 0.971. The second-order valence-electron chi connectivity index (χ2n) is 6.59. The van der Waals surface area contributed by atoms with Crippen LogP contribution in [0.5, 0.6) is 0 Å². The van der Waals surface area contributed by atoms with Gasteiger partial charge in [-0.2, -0.15) is 11.8 Å². The van der Waals surface area contributed by atoms with Crippen LogP contribution in [0.3, 0.4) is 0 Å². The van der Waals surface area contributed by atoms with Gasteiger partial charge in [0.15, 0.2) is 0 Å². The van der Waals surface area contributed by atoms with Crippen molar-refractivity contribution in [2.75, 3.05) is 84.7 Å². The van der Waals surface area contributed by atoms with E-state index in [1.165, 1.54) is 6.66 Å². The first-order valence-corrected chi connectivity index (χ1v) is 13.9. The summed E-state index contributed by atoms with van der Waals surface area (Å²) in [6.07, 6.45) is 5.82. The van der Waals surface area contributed by atoms with E-state index in [2.05, 4.69) is 5.32 Å². The smallest absolute Gasteiger partial charge is 0.325 e. The van der Waals surface area contributed by atoms with Gasteiger partial charge in [-0.25, -0.2) is 0 Å². The molecule has 1 atom stereocenters. The third-order valence-electron chi connectivity index (χ3n) is 3.75. The number of thioether (sulfide) groups is 1. The molecule has 0 radical (unpaired) electrons. The monoisotopic (exact) mass is 473 g/mol. The Balaban J connectivity index is 3.19. The van der Waals surface area contributed by atoms with Crippen molar-refractivity contribution in [3.8, 4) is 0 Å². The number of hydrogen-bond acceptors (Lipinski definition) is 8. The number of unbranched alkanes of at least 4 members (excludes halogenated alkanes) is 3. The molecule has 0 aliphatic heterocycles. The first kappa shape index (κ1) is 29.8. The molecule has 9 nitrogen and oxygen atoms in total. The summed E-state index contributed by atoms with van der Waals surface area (Å²) in [7, 11) is -3.36. The van der Waals surface area contributed by atoms with Crippen molar-refractivity contribution in [3.63, 3.8) is 0 Å². The van der Waals surface area contributed by atoms with Gasteiger partial charge in [0.25, 0.3) is 0 Å². The van der Waals surface area contributed by atoms with Crippen LogP contribution in [0.1, 0.15) is 32.1 Å². The number of ether oxygens (including phenoxy) is 4. The van der Waals surface area contributed by atoms with E-state index in [1.807, 2.05) is 6.26 Å². The first-order valence-electron chi connectivity index (χ1n) is 10.5. The Hall–Kier alpha value is -0.190. The molecule has 0 aromatic rings. The molecule has 0 aliphatic rings. The van der Waals surface area contributed by atoms with E-state index >= 15 is 0 Å². The van der Waals surface area contributed by atoms with Crippen molar-refractivity contribution < 1.29 is 37.7 Å². The van der Waals surface area contributed by atoms with E-state index in [1.54, 1.807) is 11.8 Å². The van der Waals surface area contributed by atoms with E-state index in [0.717, 1.165) is 38.0 Å². The summed E-state index contributed by atoms with van der Waals surface area (Å²) >= 11 is 1.76. The summed E-state index contributed by atoms with van der Waals surface area (Å²) < 4.78 is 37.2. The van der Waals surface area contributed by atoms with Gasteiger partial charge in [-0.3, -0.25) is 9.36 Å². The molecule has 180 valence electrons. The predicted molar refractivity (Wildman–Crippen MR) is 119 cm³/mol. The Labute approximate surface area is 185 Å². The highest BCUT2D eigenvalue weighted by Crippen LogP contribution is 2.36. The summed E-state index contributed by atoms with van der Waals surface area (Å²) in [5.41, 5.74) is 0. The quantitative estimate of drug-likeness (QED) is 0.170. The lowest BCUT2D eigenvalue weighted by molar-refractivity contribution is -0.122. The van der Waals surface area contributed by atoms with E-state index in [9.17, 15) is 9.36 Å². The second-order valence-corrected chi connectivity index (χ2v) is 9.44. The van der Waals surface area contributed by atoms with Crippen LogP contribution in [0.15, 0.2) is 0 Å². The van der Waals surface area contributed by atoms with Gasteiger partial charge in [0.1, 0.15) is 0 Å². The molecular weight excluding hydrogens is 433 g/mol. The molecule has 0 heterocycles. The minimum atomic E-state index is -3.36. The molecule has 0 aromatic heterocycles. The van der Waals surface area contributed by atoms with Gasteiger partial charge in [-0.15, -0.1) is 0 Å². The topological polar surface area (TPSA) is 113 Å². The predicted octanol–water partition coefficient (Wildman–Crippen LogP) is 2.31. The zero-order valence-corrected chi connectivity index (χ0v) is 20.2. The number of nitrogens with one attached hydrogen (secondary N) is 1. The van der Waals surface area contributed by atoms with Crippen molar-refractivity contribution in [2.24, 2.45) is 0 Å². The largest absolute Gasteiger partial charge is 0.379 e. The molecule has 0 spiro atoms. The molecule has 2 N–H and O–H groups in total. The van der Waals surface area contributed by atoms with Crippen LogP contribution in [0.4, 0.5) is 0 Å². The maximum atomic E-state index is 11.7. The van der Waals surface area contributed by atoms with Crippen LogP contribution in [0.2, 0.25) is 0 Å². The lowest BCUT2D eigenvalue weighted by Crippen LogP contribution is -2.25. The number of carbonyl (C=O) groups is 1. The molecule has 11 heteroatoms. The molecular formula is C19H40NO8PS. The zero-order chi connectivity index (χ0) is 22.3. The normalized spacial score (nSPS) is 13.3. The van der Waals surface area contributed by atoms with Gasteiger partial charge in [-0.1, -0.05) is 12.8 Å². The van der Waals surface area contributed by atoms with Crippen LogP contribution in [-0.2, 0) is 32.8 Å². The van der Waals surface area contributed by atoms with Crippen LogP contribution in [0, 0.1) is 0 Å². The maximum absolute atomic E-state index is 11.7. The molecule has 0 aliphatic carbocycles. The minimum absolute atomic E-state index is 0.0281. The summed E-state index contributed by atoms with van der Waals surface area (Å²) in [6, 6.07) is 0. The van der Waals surface area contributed by atoms with Crippen LogP contribution < -0.4 is 5.32 Å². The first-order chi connectivity index (χ1) is 14.5. The average Bonchev–Trinajstić information content (AvgIpc) is 2.69. The second kappa shape index (κ2) is 22.0. The Morgan fingerprint density at radius 2 is 1.37 bits per heavy atom. The van der Waals surface area contributed by atoms with Crippen molar-refractivity contribution in [3.05, 3.63) is 0 Å². The van der Waals surface area contributed by atoms with Gasteiger partial charge in [0.05, 0.1) is 59.5 Å². The molecule has 0 aromatic carbocycles. The SMILES string of the molecule is CSCCOCCOCCOCCOCCC(=O)NCCCCCCOP(C)(=O)O. The fraction of sp³-hybridized carbons (Fsp3) is 0.947. The Bertz CT molecular complexity index is 439. The number of amides is 1. The molecule has 1 unspecified atom stereocenters. The molecule has 1 amide bonds. The fourth-order valence-corrected chi connectivity index (χ4v) is 2.95. The Kier molecular flexibility index (Phi) is 21.9. The molecule has 0 rings (SSSR count). The fourth-order valence-electron chi connectivity index (χ4n) is 2.20. The lowest BCUT2D eigenvalue weighted by atomic mass is 10.2. The average molecular weight is 474 g/mol. The van der Waals surface area contributed by atoms with Crippen molar-refractivity contribution >= 4 is 25.3 Å². The van der Waals surface area contributed by atoms with Crippen LogP contribution >= 0.6 is 19.4 Å². The minimum Gasteiger partial charge on any atom is -0.379 e. The standard InChI is InChI=1S/C19H40NO8PS/c1-29(22,23)28-9-6-4-3-5-8-20-19(21)7-10-24-11-12-25-13-14-26-15-16-27-17-18-30-2/h3-18H2,1-2H3,(H,20,21)(H,22,23).